The molecule has 0 unspecified atom stereocenters. The smallest absolute Gasteiger partial charge is 0.369 e. The number of carbonyl (C=O) groups excluding carboxylic acids is 1. The number of hydrogen-bond acceptors (Lipinski definition) is 2. The molecule has 0 fully saturated rings. The van der Waals surface area contributed by atoms with E-state index in [1.54, 1.807) is 67.6 Å². The summed E-state index contributed by atoms with van der Waals surface area (Å²) in [6.07, 6.45) is 0. The SMILES string of the molecule is CCOC(=O)C[N+](=C(c1ccccc1)c1ccccc1)[C-](F)F. The van der Waals surface area contributed by atoms with Gasteiger partial charge in [-0.2, -0.15) is 0 Å². The maximum absolute atomic E-state index is 13.5. The molecule has 0 aliphatic heterocycles. The van der Waals surface area contributed by atoms with E-state index in [4.69, 9.17) is 4.74 Å². The highest BCUT2D eigenvalue weighted by Crippen LogP contribution is 2.16. The lowest BCUT2D eigenvalue weighted by atomic mass is 10.0. The Morgan fingerprint density at radius 1 is 1.00 bits per heavy atom. The van der Waals surface area contributed by atoms with Crippen molar-refractivity contribution < 1.29 is 22.9 Å². The molecule has 0 bridgehead atoms. The van der Waals surface area contributed by atoms with Crippen LogP contribution < -0.4 is 0 Å². The van der Waals surface area contributed by atoms with Crippen LogP contribution in [0.15, 0.2) is 60.7 Å². The summed E-state index contributed by atoms with van der Waals surface area (Å²) in [5.41, 5.74) is 1.45. The van der Waals surface area contributed by atoms with Gasteiger partial charge in [0.15, 0.2) is 0 Å². The van der Waals surface area contributed by atoms with E-state index in [9.17, 15) is 13.6 Å². The van der Waals surface area contributed by atoms with E-state index in [0.29, 0.717) is 15.7 Å². The minimum Gasteiger partial charge on any atom is -0.461 e. The quantitative estimate of drug-likeness (QED) is 0.268. The Bertz CT molecular complexity index is 628. The van der Waals surface area contributed by atoms with Gasteiger partial charge >= 0.3 is 12.5 Å². The van der Waals surface area contributed by atoms with Crippen LogP contribution in [-0.2, 0) is 9.53 Å². The van der Waals surface area contributed by atoms with Gasteiger partial charge in [0.2, 0.25) is 6.54 Å². The molecule has 2 rings (SSSR count). The molecule has 0 saturated heterocycles. The largest absolute Gasteiger partial charge is 0.461 e. The fourth-order valence-electron chi connectivity index (χ4n) is 2.23. The molecule has 5 heteroatoms. The topological polar surface area (TPSA) is 29.3 Å². The van der Waals surface area contributed by atoms with Crippen LogP contribution in [0.5, 0.6) is 0 Å². The van der Waals surface area contributed by atoms with Crippen LogP contribution in [0.25, 0.3) is 0 Å². The van der Waals surface area contributed by atoms with Gasteiger partial charge < -0.3 is 4.74 Å². The highest BCUT2D eigenvalue weighted by molar-refractivity contribution is 6.09. The maximum Gasteiger partial charge on any atom is 0.369 e. The highest BCUT2D eigenvalue weighted by Gasteiger charge is 2.22. The van der Waals surface area contributed by atoms with Crippen molar-refractivity contribution in [1.29, 1.82) is 0 Å². The Kier molecular flexibility index (Phi) is 5.86. The third kappa shape index (κ3) is 4.39. The molecule has 0 saturated carbocycles. The van der Waals surface area contributed by atoms with Crippen LogP contribution >= 0.6 is 0 Å². The lowest BCUT2D eigenvalue weighted by molar-refractivity contribution is -0.552. The van der Waals surface area contributed by atoms with Gasteiger partial charge in [-0.1, -0.05) is 60.7 Å². The number of esters is 1. The number of halogens is 2. The summed E-state index contributed by atoms with van der Waals surface area (Å²) >= 11 is 0. The number of ether oxygens (including phenoxy) is 1. The summed E-state index contributed by atoms with van der Waals surface area (Å²) in [7, 11) is 0. The minimum absolute atomic E-state index is 0.145. The van der Waals surface area contributed by atoms with E-state index in [1.165, 1.54) is 0 Å². The summed E-state index contributed by atoms with van der Waals surface area (Å²) in [6.45, 7) is -0.723. The number of benzene rings is 2. The van der Waals surface area contributed by atoms with Crippen LogP contribution in [0.3, 0.4) is 0 Å². The molecule has 0 aliphatic rings. The van der Waals surface area contributed by atoms with Crippen molar-refractivity contribution >= 4 is 11.7 Å². The summed E-state index contributed by atoms with van der Waals surface area (Å²) < 4.78 is 32.6. The van der Waals surface area contributed by atoms with E-state index in [0.717, 1.165) is 0 Å². The average Bonchev–Trinajstić information content (AvgIpc) is 2.56. The molecule has 3 nitrogen and oxygen atoms in total. The van der Waals surface area contributed by atoms with Crippen LogP contribution in [0.1, 0.15) is 18.1 Å². The molecular weight excluding hydrogens is 300 g/mol. The highest BCUT2D eigenvalue weighted by atomic mass is 19.3. The first kappa shape index (κ1) is 16.7. The molecular formula is C18H17F2NO2. The second kappa shape index (κ2) is 8.08. The Morgan fingerprint density at radius 3 is 1.87 bits per heavy atom. The zero-order valence-electron chi connectivity index (χ0n) is 12.7. The van der Waals surface area contributed by atoms with E-state index in [-0.39, 0.29) is 12.3 Å². The average molecular weight is 317 g/mol. The molecule has 0 aromatic heterocycles. The summed E-state index contributed by atoms with van der Waals surface area (Å²) in [4.78, 5) is 11.7. The number of carbonyl (C=O) groups is 1. The summed E-state index contributed by atoms with van der Waals surface area (Å²) in [5, 5.41) is 0. The van der Waals surface area contributed by atoms with E-state index < -0.39 is 19.1 Å². The third-order valence-electron chi connectivity index (χ3n) is 3.16. The van der Waals surface area contributed by atoms with Gasteiger partial charge in [0.25, 0.3) is 0 Å². The lowest BCUT2D eigenvalue weighted by Gasteiger charge is -2.18. The van der Waals surface area contributed by atoms with Gasteiger partial charge in [-0.25, -0.2) is 13.6 Å². The molecule has 0 spiro atoms. The fraction of sp³-hybridized carbons (Fsp3) is 0.167. The predicted octanol–water partition coefficient (Wildman–Crippen LogP) is 3.49. The molecule has 0 heterocycles. The van der Waals surface area contributed by atoms with Crippen LogP contribution in [0, 0.1) is 6.55 Å². The van der Waals surface area contributed by atoms with Crippen molar-refractivity contribution in [3.8, 4) is 0 Å². The Morgan fingerprint density at radius 2 is 1.48 bits per heavy atom. The molecule has 2 aromatic carbocycles. The molecule has 0 atom stereocenters. The van der Waals surface area contributed by atoms with Crippen LogP contribution in [0.4, 0.5) is 8.78 Å². The second-order valence-electron chi connectivity index (χ2n) is 4.71. The molecule has 0 N–H and O–H groups in total. The molecule has 23 heavy (non-hydrogen) atoms. The van der Waals surface area contributed by atoms with Gasteiger partial charge in [0.05, 0.1) is 12.3 Å². The van der Waals surface area contributed by atoms with E-state index in [1.807, 2.05) is 0 Å². The Hall–Kier alpha value is -2.69. The standard InChI is InChI=1S/C18H17F2NO2/c1-2-23-16(22)13-21(18(19)20)17(14-9-5-3-6-10-14)15-11-7-4-8-12-15/h3-12H,2,13H2,1H3. The van der Waals surface area contributed by atoms with Gasteiger partial charge in [-0.3, -0.25) is 4.58 Å². The number of rotatable bonds is 6. The van der Waals surface area contributed by atoms with Gasteiger partial charge in [-0.05, 0) is 18.1 Å². The number of nitrogens with zero attached hydrogens (tertiary/aromatic N) is 1. The second-order valence-corrected chi connectivity index (χ2v) is 4.71. The Balaban J connectivity index is 2.58. The fourth-order valence-corrected chi connectivity index (χ4v) is 2.23. The molecule has 0 radical (unpaired) electrons. The molecule has 0 amide bonds. The van der Waals surface area contributed by atoms with Gasteiger partial charge in [0.1, 0.15) is 0 Å². The van der Waals surface area contributed by atoms with Crippen molar-refractivity contribution in [1.82, 2.24) is 0 Å². The molecule has 2 aromatic rings. The summed E-state index contributed by atoms with van der Waals surface area (Å²) in [6, 6.07) is 17.6. The van der Waals surface area contributed by atoms with Crippen molar-refractivity contribution in [3.63, 3.8) is 0 Å². The zero-order chi connectivity index (χ0) is 16.7. The zero-order valence-corrected chi connectivity index (χ0v) is 12.7. The summed E-state index contributed by atoms with van der Waals surface area (Å²) in [5.74, 6) is -0.704. The minimum atomic E-state index is -1.96. The lowest BCUT2D eigenvalue weighted by Crippen LogP contribution is -2.30. The normalized spacial score (nSPS) is 10.0. The van der Waals surface area contributed by atoms with Crippen molar-refractivity contribution in [2.45, 2.75) is 6.92 Å². The van der Waals surface area contributed by atoms with Crippen molar-refractivity contribution in [2.75, 3.05) is 13.2 Å². The number of hydrogen-bond donors (Lipinski definition) is 0. The van der Waals surface area contributed by atoms with Crippen LogP contribution in [-0.4, -0.2) is 29.4 Å². The van der Waals surface area contributed by atoms with Crippen LogP contribution in [0.2, 0.25) is 0 Å². The first-order valence-electron chi connectivity index (χ1n) is 7.22. The Labute approximate surface area is 133 Å². The monoisotopic (exact) mass is 317 g/mol. The maximum atomic E-state index is 13.5. The molecule has 120 valence electrons. The van der Waals surface area contributed by atoms with Crippen molar-refractivity contribution in [2.24, 2.45) is 0 Å². The third-order valence-corrected chi connectivity index (χ3v) is 3.16. The molecule has 0 aliphatic carbocycles. The van der Waals surface area contributed by atoms with E-state index in [2.05, 4.69) is 0 Å². The first-order valence-corrected chi connectivity index (χ1v) is 7.22. The predicted molar refractivity (Wildman–Crippen MR) is 83.3 cm³/mol. The van der Waals surface area contributed by atoms with Crippen molar-refractivity contribution in [3.05, 3.63) is 78.3 Å². The first-order chi connectivity index (χ1) is 11.1. The van der Waals surface area contributed by atoms with Gasteiger partial charge in [-0.15, -0.1) is 0 Å². The van der Waals surface area contributed by atoms with Gasteiger partial charge in [0, 0.05) is 0 Å². The van der Waals surface area contributed by atoms with E-state index >= 15 is 0 Å².